The highest BCUT2D eigenvalue weighted by molar-refractivity contribution is 8.00. The van der Waals surface area contributed by atoms with Crippen molar-refractivity contribution in [2.75, 3.05) is 10.3 Å². The second-order valence-electron chi connectivity index (χ2n) is 11.4. The van der Waals surface area contributed by atoms with Gasteiger partial charge >= 0.3 is 0 Å². The highest BCUT2D eigenvalue weighted by atomic mass is 32.2. The van der Waals surface area contributed by atoms with E-state index in [1.807, 2.05) is 97.9 Å². The van der Waals surface area contributed by atoms with Crippen LogP contribution in [0.5, 0.6) is 0 Å². The van der Waals surface area contributed by atoms with Crippen LogP contribution in [0.1, 0.15) is 38.7 Å². The fourth-order valence-corrected chi connectivity index (χ4v) is 6.13. The summed E-state index contributed by atoms with van der Waals surface area (Å²) in [5.41, 5.74) is 4.24. The van der Waals surface area contributed by atoms with E-state index in [0.29, 0.717) is 16.9 Å². The summed E-state index contributed by atoms with van der Waals surface area (Å²) in [5, 5.41) is 13.5. The number of nitrogens with zero attached hydrogens (tertiary/aromatic N) is 2. The monoisotopic (exact) mass is 679 g/mol. The van der Waals surface area contributed by atoms with Crippen LogP contribution < -0.4 is 21.0 Å². The van der Waals surface area contributed by atoms with Gasteiger partial charge in [0.2, 0.25) is 5.91 Å². The number of hydrogen-bond acceptors (Lipinski definition) is 6. The molecule has 1 atom stereocenters. The predicted molar refractivity (Wildman–Crippen MR) is 197 cm³/mol. The summed E-state index contributed by atoms with van der Waals surface area (Å²) in [6.45, 7) is 1.97. The molecule has 5 aromatic rings. The van der Waals surface area contributed by atoms with Gasteiger partial charge < -0.3 is 16.0 Å². The van der Waals surface area contributed by atoms with Gasteiger partial charge in [-0.2, -0.15) is 10.1 Å². The third-order valence-electron chi connectivity index (χ3n) is 7.67. The van der Waals surface area contributed by atoms with Crippen molar-refractivity contribution in [3.05, 3.63) is 167 Å². The summed E-state index contributed by atoms with van der Waals surface area (Å²) in [7, 11) is 0. The van der Waals surface area contributed by atoms with Crippen molar-refractivity contribution in [1.29, 1.82) is 0 Å². The SMILES string of the molecule is Cc1ccc(/C=C(\NC(=O)c2ccccc2)C(=O)Nc2ccc(SC(C(=O)NC3=NN(c4ccccc4)C(=O)C3)c3ccccc3)cc2)cc1. The summed E-state index contributed by atoms with van der Waals surface area (Å²) in [6, 6.07) is 41.8. The predicted octanol–water partition coefficient (Wildman–Crippen LogP) is 7.10. The molecule has 0 aromatic heterocycles. The minimum Gasteiger partial charge on any atom is -0.321 e. The Bertz CT molecular complexity index is 2050. The second-order valence-corrected chi connectivity index (χ2v) is 12.6. The van der Waals surface area contributed by atoms with Crippen molar-refractivity contribution < 1.29 is 19.2 Å². The van der Waals surface area contributed by atoms with Crippen LogP contribution in [0.25, 0.3) is 6.08 Å². The number of thioether (sulfide) groups is 1. The number of aryl methyl sites for hydroxylation is 1. The van der Waals surface area contributed by atoms with Gasteiger partial charge in [-0.3, -0.25) is 19.2 Å². The van der Waals surface area contributed by atoms with Crippen LogP contribution >= 0.6 is 11.8 Å². The number of hydrogen-bond donors (Lipinski definition) is 3. The van der Waals surface area contributed by atoms with Crippen molar-refractivity contribution in [1.82, 2.24) is 10.6 Å². The van der Waals surface area contributed by atoms with E-state index in [1.54, 1.807) is 54.6 Å². The molecule has 0 radical (unpaired) electrons. The van der Waals surface area contributed by atoms with Crippen molar-refractivity contribution in [2.24, 2.45) is 5.10 Å². The first kappa shape index (κ1) is 33.6. The molecule has 0 spiro atoms. The molecule has 1 aliphatic rings. The third-order valence-corrected chi connectivity index (χ3v) is 8.93. The largest absolute Gasteiger partial charge is 0.321 e. The molecule has 0 aliphatic carbocycles. The fourth-order valence-electron chi connectivity index (χ4n) is 5.10. The molecule has 0 saturated heterocycles. The molecular weight excluding hydrogens is 647 g/mol. The van der Waals surface area contributed by atoms with Crippen LogP contribution in [0.2, 0.25) is 0 Å². The molecule has 1 heterocycles. The zero-order valence-corrected chi connectivity index (χ0v) is 27.9. The molecule has 3 N–H and O–H groups in total. The lowest BCUT2D eigenvalue weighted by Crippen LogP contribution is -2.33. The number of benzene rings is 5. The van der Waals surface area contributed by atoms with Gasteiger partial charge in [0.15, 0.2) is 0 Å². The summed E-state index contributed by atoms with van der Waals surface area (Å²) < 4.78 is 0. The topological polar surface area (TPSA) is 120 Å². The number of nitrogens with one attached hydrogen (secondary N) is 3. The Morgan fingerprint density at radius 1 is 0.760 bits per heavy atom. The first-order valence-corrected chi connectivity index (χ1v) is 16.7. The van der Waals surface area contributed by atoms with E-state index in [1.165, 1.54) is 16.8 Å². The summed E-state index contributed by atoms with van der Waals surface area (Å²) in [5.74, 6) is -1.17. The number of para-hydroxylation sites is 1. The lowest BCUT2D eigenvalue weighted by molar-refractivity contribution is -0.119. The van der Waals surface area contributed by atoms with E-state index in [4.69, 9.17) is 0 Å². The van der Waals surface area contributed by atoms with Gasteiger partial charge in [0.1, 0.15) is 16.8 Å². The summed E-state index contributed by atoms with van der Waals surface area (Å²) >= 11 is 1.33. The molecule has 6 rings (SSSR count). The van der Waals surface area contributed by atoms with Crippen LogP contribution in [-0.4, -0.2) is 29.5 Å². The highest BCUT2D eigenvalue weighted by Crippen LogP contribution is 2.36. The number of rotatable bonds is 10. The van der Waals surface area contributed by atoms with E-state index in [9.17, 15) is 19.2 Å². The zero-order chi connectivity index (χ0) is 34.9. The normalized spacial score (nSPS) is 13.3. The molecule has 10 heteroatoms. The fraction of sp³-hybridized carbons (Fsp3) is 0.0750. The molecule has 4 amide bonds. The minimum atomic E-state index is -0.655. The standard InChI is InChI=1S/C40H33N5O4S/c1-27-17-19-28(20-18-27)25-34(42-38(47)30-13-7-3-8-14-30)39(48)41-31-21-23-33(24-22-31)50-37(29-11-5-2-6-12-29)40(49)43-35-26-36(46)45(44-35)32-15-9-4-10-16-32/h2-25,37H,26H2,1H3,(H,41,48)(H,42,47)(H,43,44,49)/b34-25-. The van der Waals surface area contributed by atoms with Gasteiger partial charge in [0.05, 0.1) is 12.1 Å². The van der Waals surface area contributed by atoms with Crippen LogP contribution in [0, 0.1) is 6.92 Å². The lowest BCUT2D eigenvalue weighted by Gasteiger charge is -2.17. The number of carbonyl (C=O) groups excluding carboxylic acids is 4. The molecule has 248 valence electrons. The second kappa shape index (κ2) is 15.8. The average molecular weight is 680 g/mol. The number of hydrazone groups is 1. The average Bonchev–Trinajstić information content (AvgIpc) is 3.52. The quantitative estimate of drug-likeness (QED) is 0.107. The minimum absolute atomic E-state index is 0.0205. The Balaban J connectivity index is 1.16. The van der Waals surface area contributed by atoms with Crippen molar-refractivity contribution in [3.63, 3.8) is 0 Å². The van der Waals surface area contributed by atoms with Gasteiger partial charge in [0.25, 0.3) is 17.7 Å². The maximum atomic E-state index is 13.7. The first-order chi connectivity index (χ1) is 24.3. The smallest absolute Gasteiger partial charge is 0.272 e. The third kappa shape index (κ3) is 8.60. The Labute approximate surface area is 294 Å². The lowest BCUT2D eigenvalue weighted by atomic mass is 10.1. The molecule has 50 heavy (non-hydrogen) atoms. The Morgan fingerprint density at radius 2 is 1.38 bits per heavy atom. The van der Waals surface area contributed by atoms with E-state index in [-0.39, 0.29) is 29.8 Å². The number of amides is 4. The number of anilines is 2. The Hall–Kier alpha value is -6.26. The number of carbonyl (C=O) groups is 4. The van der Waals surface area contributed by atoms with Gasteiger partial charge in [-0.25, -0.2) is 0 Å². The van der Waals surface area contributed by atoms with Gasteiger partial charge in [-0.05, 0) is 72.7 Å². The molecule has 0 saturated carbocycles. The van der Waals surface area contributed by atoms with Crippen LogP contribution in [0.4, 0.5) is 11.4 Å². The van der Waals surface area contributed by atoms with Crippen molar-refractivity contribution >= 4 is 58.7 Å². The van der Waals surface area contributed by atoms with Crippen molar-refractivity contribution in [2.45, 2.75) is 23.5 Å². The Kier molecular flexibility index (Phi) is 10.6. The van der Waals surface area contributed by atoms with E-state index in [2.05, 4.69) is 21.1 Å². The molecular formula is C40H33N5O4S. The molecule has 9 nitrogen and oxygen atoms in total. The molecule has 0 fully saturated rings. The van der Waals surface area contributed by atoms with Crippen LogP contribution in [0.3, 0.4) is 0 Å². The van der Waals surface area contributed by atoms with Crippen LogP contribution in [-0.2, 0) is 14.4 Å². The van der Waals surface area contributed by atoms with Crippen molar-refractivity contribution in [3.8, 4) is 0 Å². The first-order valence-electron chi connectivity index (χ1n) is 15.9. The molecule has 1 aliphatic heterocycles. The maximum absolute atomic E-state index is 13.7. The van der Waals surface area contributed by atoms with Gasteiger partial charge in [0, 0.05) is 16.1 Å². The highest BCUT2D eigenvalue weighted by Gasteiger charge is 2.29. The van der Waals surface area contributed by atoms with E-state index < -0.39 is 17.1 Å². The van der Waals surface area contributed by atoms with Gasteiger partial charge in [-0.15, -0.1) is 11.8 Å². The number of amidine groups is 1. The zero-order valence-electron chi connectivity index (χ0n) is 27.1. The molecule has 0 bridgehead atoms. The van der Waals surface area contributed by atoms with E-state index in [0.717, 1.165) is 21.6 Å². The molecule has 5 aromatic carbocycles. The summed E-state index contributed by atoms with van der Waals surface area (Å²) in [4.78, 5) is 53.6. The molecule has 1 unspecified atom stereocenters. The summed E-state index contributed by atoms with van der Waals surface area (Å²) in [6.07, 6.45) is 1.61. The van der Waals surface area contributed by atoms with Gasteiger partial charge in [-0.1, -0.05) is 96.6 Å². The maximum Gasteiger partial charge on any atom is 0.272 e. The van der Waals surface area contributed by atoms with E-state index >= 15 is 0 Å². The Morgan fingerprint density at radius 3 is 2.04 bits per heavy atom. The van der Waals surface area contributed by atoms with Crippen LogP contribution in [0.15, 0.2) is 155 Å².